The van der Waals surface area contributed by atoms with Gasteiger partial charge in [0.2, 0.25) is 0 Å². The van der Waals surface area contributed by atoms with Gasteiger partial charge in [0.25, 0.3) is 0 Å². The summed E-state index contributed by atoms with van der Waals surface area (Å²) in [5.74, 6) is -2.86. The second kappa shape index (κ2) is 3.46. The van der Waals surface area contributed by atoms with Gasteiger partial charge in [-0.1, -0.05) is 0 Å². The molecule has 0 spiro atoms. The summed E-state index contributed by atoms with van der Waals surface area (Å²) in [6.45, 7) is 0. The maximum absolute atomic E-state index is 12.6. The molecule has 0 nitrogen and oxygen atoms in total. The van der Waals surface area contributed by atoms with E-state index in [1.165, 1.54) is 0 Å². The van der Waals surface area contributed by atoms with E-state index in [1.54, 1.807) is 45.2 Å². The summed E-state index contributed by atoms with van der Waals surface area (Å²) >= 11 is 3.18. The molecule has 0 unspecified atom stereocenters. The largest absolute Gasteiger partial charge is 0.206 e. The average Bonchev–Trinajstić information content (AvgIpc) is 1.97. The van der Waals surface area contributed by atoms with Gasteiger partial charge in [0, 0.05) is 6.07 Å². The van der Waals surface area contributed by atoms with Gasteiger partial charge in [-0.25, -0.2) is 13.2 Å². The van der Waals surface area contributed by atoms with E-state index in [0.717, 1.165) is 0 Å². The van der Waals surface area contributed by atoms with E-state index in [1.807, 2.05) is 0 Å². The minimum atomic E-state index is -1.15. The molecule has 1 aromatic carbocycles. The van der Waals surface area contributed by atoms with Gasteiger partial charge < -0.3 is 0 Å². The van der Waals surface area contributed by atoms with Crippen LogP contribution in [0, 0.1) is 24.6 Å². The lowest BCUT2D eigenvalue weighted by atomic mass is 10.3. The van der Waals surface area contributed by atoms with E-state index in [2.05, 4.69) is 0 Å². The molecule has 1 aromatic rings. The van der Waals surface area contributed by atoms with Crippen molar-refractivity contribution in [2.24, 2.45) is 0 Å². The first-order valence-corrected chi connectivity index (χ1v) is 4.68. The Morgan fingerprint density at radius 3 is 2.00 bits per heavy atom. The zero-order chi connectivity index (χ0) is 8.59. The third kappa shape index (κ3) is 1.79. The summed E-state index contributed by atoms with van der Waals surface area (Å²) in [4.78, 5) is 0. The van der Waals surface area contributed by atoms with Crippen molar-refractivity contribution in [3.8, 4) is 0 Å². The molecule has 0 bridgehead atoms. The van der Waals surface area contributed by atoms with E-state index in [-0.39, 0.29) is 7.14 Å². The van der Waals surface area contributed by atoms with Gasteiger partial charge in [-0.05, 0) is 45.2 Å². The van der Waals surface area contributed by atoms with E-state index in [0.29, 0.717) is 6.07 Å². The smallest absolute Gasteiger partial charge is 0.173 e. The van der Waals surface area contributed by atoms with E-state index < -0.39 is 17.5 Å². The third-order valence-corrected chi connectivity index (χ3v) is 4.16. The predicted octanol–water partition coefficient (Wildman–Crippen LogP) is 3.31. The van der Waals surface area contributed by atoms with Crippen molar-refractivity contribution in [1.29, 1.82) is 0 Å². The highest BCUT2D eigenvalue weighted by Crippen LogP contribution is 2.23. The van der Waals surface area contributed by atoms with Crippen LogP contribution in [0.5, 0.6) is 0 Å². The van der Waals surface area contributed by atoms with Gasteiger partial charge in [-0.15, -0.1) is 0 Å². The van der Waals surface area contributed by atoms with Crippen molar-refractivity contribution in [2.45, 2.75) is 0 Å². The SMILES string of the molecule is Fc1cc(F)c(I)c(I)c1F. The number of benzene rings is 1. The van der Waals surface area contributed by atoms with Crippen LogP contribution in [0.3, 0.4) is 0 Å². The third-order valence-electron chi connectivity index (χ3n) is 1.06. The van der Waals surface area contributed by atoms with E-state index in [4.69, 9.17) is 0 Å². The van der Waals surface area contributed by atoms with E-state index in [9.17, 15) is 13.2 Å². The molecule has 0 fully saturated rings. The number of hydrogen-bond donors (Lipinski definition) is 0. The lowest BCUT2D eigenvalue weighted by Crippen LogP contribution is -1.95. The van der Waals surface area contributed by atoms with Crippen molar-refractivity contribution in [3.05, 3.63) is 30.7 Å². The van der Waals surface area contributed by atoms with Crippen LogP contribution in [0.4, 0.5) is 13.2 Å². The van der Waals surface area contributed by atoms with Gasteiger partial charge in [0.15, 0.2) is 11.6 Å². The van der Waals surface area contributed by atoms with Gasteiger partial charge >= 0.3 is 0 Å². The Bertz CT molecular complexity index is 272. The average molecular weight is 384 g/mol. The lowest BCUT2D eigenvalue weighted by Gasteiger charge is -1.99. The first-order chi connectivity index (χ1) is 5.04. The quantitative estimate of drug-likeness (QED) is 0.366. The van der Waals surface area contributed by atoms with Crippen LogP contribution in [0.25, 0.3) is 0 Å². The van der Waals surface area contributed by atoms with Crippen molar-refractivity contribution in [3.63, 3.8) is 0 Å². The molecule has 0 N–H and O–H groups in total. The highest BCUT2D eigenvalue weighted by atomic mass is 127. The first-order valence-electron chi connectivity index (χ1n) is 2.52. The molecule has 0 saturated heterocycles. The highest BCUT2D eigenvalue weighted by molar-refractivity contribution is 14.1. The number of halogens is 5. The minimum Gasteiger partial charge on any atom is -0.206 e. The Kier molecular flexibility index (Phi) is 3.01. The van der Waals surface area contributed by atoms with Crippen LogP contribution in [0.1, 0.15) is 0 Å². The van der Waals surface area contributed by atoms with Crippen LogP contribution in [-0.2, 0) is 0 Å². The summed E-state index contributed by atoms with van der Waals surface area (Å²) in [5.41, 5.74) is 0. The van der Waals surface area contributed by atoms with Crippen molar-refractivity contribution < 1.29 is 13.2 Å². The summed E-state index contributed by atoms with van der Waals surface area (Å²) in [6.07, 6.45) is 0. The van der Waals surface area contributed by atoms with Crippen LogP contribution in [0.15, 0.2) is 6.07 Å². The summed E-state index contributed by atoms with van der Waals surface area (Å²) < 4.78 is 37.7. The maximum atomic E-state index is 12.6. The lowest BCUT2D eigenvalue weighted by molar-refractivity contribution is 0.487. The molecular formula is C6HF3I2. The fraction of sp³-hybridized carbons (Fsp3) is 0. The molecule has 0 aliphatic carbocycles. The molecule has 0 aliphatic rings. The van der Waals surface area contributed by atoms with Gasteiger partial charge in [-0.2, -0.15) is 0 Å². The Balaban J connectivity index is 3.46. The normalized spacial score (nSPS) is 10.3. The standard InChI is InChI=1S/C6HF3I2/c7-2-1-3(8)5(10)6(11)4(2)9/h1H. The molecule has 0 aliphatic heterocycles. The molecule has 60 valence electrons. The number of hydrogen-bond acceptors (Lipinski definition) is 0. The van der Waals surface area contributed by atoms with Crippen LogP contribution >= 0.6 is 45.2 Å². The van der Waals surface area contributed by atoms with Crippen molar-refractivity contribution in [1.82, 2.24) is 0 Å². The highest BCUT2D eigenvalue weighted by Gasteiger charge is 2.13. The van der Waals surface area contributed by atoms with Crippen LogP contribution in [0.2, 0.25) is 0 Å². The number of rotatable bonds is 0. The predicted molar refractivity (Wildman–Crippen MR) is 51.8 cm³/mol. The Morgan fingerprint density at radius 2 is 1.45 bits per heavy atom. The Hall–Kier alpha value is 0.470. The Morgan fingerprint density at radius 1 is 0.909 bits per heavy atom. The molecular weight excluding hydrogens is 383 g/mol. The zero-order valence-electron chi connectivity index (χ0n) is 4.97. The molecule has 0 atom stereocenters. The van der Waals surface area contributed by atoms with Gasteiger partial charge in [-0.3, -0.25) is 0 Å². The molecule has 5 heteroatoms. The molecule has 1 rings (SSSR count). The van der Waals surface area contributed by atoms with Crippen molar-refractivity contribution >= 4 is 45.2 Å². The molecule has 0 aromatic heterocycles. The molecule has 11 heavy (non-hydrogen) atoms. The van der Waals surface area contributed by atoms with Gasteiger partial charge in [0.05, 0.1) is 7.14 Å². The van der Waals surface area contributed by atoms with E-state index >= 15 is 0 Å². The monoisotopic (exact) mass is 384 g/mol. The molecule has 0 saturated carbocycles. The minimum absolute atomic E-state index is 0.0132. The molecule has 0 heterocycles. The second-order valence-electron chi connectivity index (χ2n) is 1.78. The zero-order valence-corrected chi connectivity index (χ0v) is 9.28. The summed E-state index contributed by atoms with van der Waals surface area (Å²) in [7, 11) is 0. The van der Waals surface area contributed by atoms with Gasteiger partial charge in [0.1, 0.15) is 5.82 Å². The molecule has 0 amide bonds. The fourth-order valence-corrected chi connectivity index (χ4v) is 1.45. The second-order valence-corrected chi connectivity index (χ2v) is 3.94. The Labute approximate surface area is 88.5 Å². The van der Waals surface area contributed by atoms with Crippen LogP contribution < -0.4 is 0 Å². The first kappa shape index (κ1) is 9.56. The van der Waals surface area contributed by atoms with Crippen LogP contribution in [-0.4, -0.2) is 0 Å². The summed E-state index contributed by atoms with van der Waals surface area (Å²) in [6, 6.07) is 0.541. The molecule has 0 radical (unpaired) electrons. The topological polar surface area (TPSA) is 0 Å². The summed E-state index contributed by atoms with van der Waals surface area (Å²) in [5, 5.41) is 0. The fourth-order valence-electron chi connectivity index (χ4n) is 0.544. The maximum Gasteiger partial charge on any atom is 0.173 e. The van der Waals surface area contributed by atoms with Crippen molar-refractivity contribution in [2.75, 3.05) is 0 Å².